The lowest BCUT2D eigenvalue weighted by Crippen LogP contribution is -2.52. The SMILES string of the molecule is Cc1csc(C(C)NC(=O)N2CCN(c3ncccn3)CC2)n1. The maximum atomic E-state index is 12.4. The van der Waals surface area contributed by atoms with Gasteiger partial charge in [0.25, 0.3) is 0 Å². The van der Waals surface area contributed by atoms with Gasteiger partial charge in [-0.2, -0.15) is 0 Å². The Morgan fingerprint density at radius 2 is 1.96 bits per heavy atom. The van der Waals surface area contributed by atoms with Crippen LogP contribution in [0.15, 0.2) is 23.8 Å². The van der Waals surface area contributed by atoms with E-state index in [4.69, 9.17) is 0 Å². The molecule has 2 amide bonds. The van der Waals surface area contributed by atoms with Crippen LogP contribution in [-0.4, -0.2) is 52.1 Å². The van der Waals surface area contributed by atoms with Gasteiger partial charge in [-0.25, -0.2) is 19.7 Å². The molecule has 2 aromatic rings. The lowest BCUT2D eigenvalue weighted by atomic mass is 10.3. The number of aryl methyl sites for hydroxylation is 1. The van der Waals surface area contributed by atoms with E-state index in [1.807, 2.05) is 24.1 Å². The summed E-state index contributed by atoms with van der Waals surface area (Å²) in [4.78, 5) is 29.2. The minimum atomic E-state index is -0.0725. The molecule has 0 aromatic carbocycles. The molecule has 7 nitrogen and oxygen atoms in total. The average Bonchev–Trinajstić information content (AvgIpc) is 3.02. The summed E-state index contributed by atoms with van der Waals surface area (Å²) < 4.78 is 0. The van der Waals surface area contributed by atoms with Crippen LogP contribution in [0.2, 0.25) is 0 Å². The van der Waals surface area contributed by atoms with Gasteiger partial charge in [0.1, 0.15) is 5.01 Å². The molecule has 8 heteroatoms. The number of hydrogen-bond acceptors (Lipinski definition) is 6. The number of nitrogens with one attached hydrogen (secondary N) is 1. The highest BCUT2D eigenvalue weighted by Gasteiger charge is 2.24. The Morgan fingerprint density at radius 1 is 1.26 bits per heavy atom. The van der Waals surface area contributed by atoms with Gasteiger partial charge in [0, 0.05) is 49.6 Å². The summed E-state index contributed by atoms with van der Waals surface area (Å²) in [5.74, 6) is 0.721. The molecule has 3 heterocycles. The van der Waals surface area contributed by atoms with Crippen molar-refractivity contribution in [1.29, 1.82) is 0 Å². The number of nitrogens with zero attached hydrogens (tertiary/aromatic N) is 5. The summed E-state index contributed by atoms with van der Waals surface area (Å²) in [6.07, 6.45) is 3.47. The Balaban J connectivity index is 1.52. The van der Waals surface area contributed by atoms with Gasteiger partial charge in [0.15, 0.2) is 0 Å². The van der Waals surface area contributed by atoms with Crippen LogP contribution in [0.1, 0.15) is 23.7 Å². The Labute approximate surface area is 139 Å². The van der Waals surface area contributed by atoms with Gasteiger partial charge in [-0.15, -0.1) is 11.3 Å². The second-order valence-electron chi connectivity index (χ2n) is 5.52. The van der Waals surface area contributed by atoms with E-state index in [2.05, 4.69) is 25.2 Å². The van der Waals surface area contributed by atoms with Gasteiger partial charge >= 0.3 is 6.03 Å². The Bertz CT molecular complexity index is 653. The monoisotopic (exact) mass is 332 g/mol. The first kappa shape index (κ1) is 15.7. The highest BCUT2D eigenvalue weighted by molar-refractivity contribution is 7.09. The van der Waals surface area contributed by atoms with E-state index in [1.54, 1.807) is 29.8 Å². The summed E-state index contributed by atoms with van der Waals surface area (Å²) in [5.41, 5.74) is 0.988. The molecule has 1 fully saturated rings. The van der Waals surface area contributed by atoms with Crippen molar-refractivity contribution in [3.63, 3.8) is 0 Å². The van der Waals surface area contributed by atoms with E-state index < -0.39 is 0 Å². The van der Waals surface area contributed by atoms with E-state index in [9.17, 15) is 4.79 Å². The molecule has 1 N–H and O–H groups in total. The van der Waals surface area contributed by atoms with Crippen LogP contribution in [0.25, 0.3) is 0 Å². The first-order valence-electron chi connectivity index (χ1n) is 7.63. The third kappa shape index (κ3) is 3.76. The van der Waals surface area contributed by atoms with E-state index in [0.29, 0.717) is 13.1 Å². The number of anilines is 1. The first-order chi connectivity index (χ1) is 11.1. The zero-order chi connectivity index (χ0) is 16.2. The molecular formula is C15H20N6OS. The number of carbonyl (C=O) groups excluding carboxylic acids is 1. The third-order valence-corrected chi connectivity index (χ3v) is 4.89. The molecule has 2 aromatic heterocycles. The summed E-state index contributed by atoms with van der Waals surface area (Å²) >= 11 is 1.57. The van der Waals surface area contributed by atoms with Crippen LogP contribution in [0, 0.1) is 6.92 Å². The van der Waals surface area contributed by atoms with E-state index in [1.165, 1.54) is 0 Å². The van der Waals surface area contributed by atoms with Gasteiger partial charge in [-0.3, -0.25) is 0 Å². The molecule has 0 aliphatic carbocycles. The van der Waals surface area contributed by atoms with Crippen molar-refractivity contribution in [2.75, 3.05) is 31.1 Å². The number of piperazine rings is 1. The predicted molar refractivity (Wildman–Crippen MR) is 89.6 cm³/mol. The number of carbonyl (C=O) groups is 1. The molecule has 122 valence electrons. The highest BCUT2D eigenvalue weighted by atomic mass is 32.1. The quantitative estimate of drug-likeness (QED) is 0.928. The number of hydrogen-bond donors (Lipinski definition) is 1. The van der Waals surface area contributed by atoms with Crippen molar-refractivity contribution in [1.82, 2.24) is 25.2 Å². The second kappa shape index (κ2) is 6.91. The van der Waals surface area contributed by atoms with Gasteiger partial charge in [-0.05, 0) is 19.9 Å². The fourth-order valence-corrected chi connectivity index (χ4v) is 3.28. The lowest BCUT2D eigenvalue weighted by Gasteiger charge is -2.35. The van der Waals surface area contributed by atoms with E-state index in [-0.39, 0.29) is 12.1 Å². The molecular weight excluding hydrogens is 312 g/mol. The Kier molecular flexibility index (Phi) is 4.71. The summed E-state index contributed by atoms with van der Waals surface area (Å²) in [7, 11) is 0. The zero-order valence-corrected chi connectivity index (χ0v) is 14.1. The average molecular weight is 332 g/mol. The molecule has 3 rings (SSSR count). The van der Waals surface area contributed by atoms with Crippen LogP contribution in [0.3, 0.4) is 0 Å². The third-order valence-electron chi connectivity index (χ3n) is 3.75. The number of urea groups is 1. The van der Waals surface area contributed by atoms with Crippen molar-refractivity contribution < 1.29 is 4.79 Å². The molecule has 0 radical (unpaired) electrons. The number of thiazole rings is 1. The Hall–Kier alpha value is -2.22. The number of rotatable bonds is 3. The summed E-state index contributed by atoms with van der Waals surface area (Å²) in [5, 5.41) is 5.95. The van der Waals surface area contributed by atoms with Crippen molar-refractivity contribution >= 4 is 23.3 Å². The van der Waals surface area contributed by atoms with Gasteiger partial charge in [0.05, 0.1) is 6.04 Å². The van der Waals surface area contributed by atoms with E-state index in [0.717, 1.165) is 29.7 Å². The van der Waals surface area contributed by atoms with Crippen molar-refractivity contribution in [3.05, 3.63) is 34.5 Å². The minimum absolute atomic E-state index is 0.0426. The number of aromatic nitrogens is 3. The molecule has 0 spiro atoms. The molecule has 1 aliphatic rings. The lowest BCUT2D eigenvalue weighted by molar-refractivity contribution is 0.191. The second-order valence-corrected chi connectivity index (χ2v) is 6.41. The summed E-state index contributed by atoms with van der Waals surface area (Å²) in [6.45, 7) is 6.72. The highest BCUT2D eigenvalue weighted by Crippen LogP contribution is 2.18. The van der Waals surface area contributed by atoms with Crippen LogP contribution >= 0.6 is 11.3 Å². The topological polar surface area (TPSA) is 74.2 Å². The molecule has 0 bridgehead atoms. The fourth-order valence-electron chi connectivity index (χ4n) is 2.47. The van der Waals surface area contributed by atoms with E-state index >= 15 is 0 Å². The van der Waals surface area contributed by atoms with Crippen LogP contribution in [-0.2, 0) is 0 Å². The normalized spacial score (nSPS) is 16.3. The van der Waals surface area contributed by atoms with Gasteiger partial charge in [-0.1, -0.05) is 0 Å². The fraction of sp³-hybridized carbons (Fsp3) is 0.467. The smallest absolute Gasteiger partial charge is 0.318 e. The van der Waals surface area contributed by atoms with Crippen molar-refractivity contribution in [3.8, 4) is 0 Å². The standard InChI is InChI=1S/C15H20N6OS/c1-11-10-23-13(18-11)12(2)19-15(22)21-8-6-20(7-9-21)14-16-4-3-5-17-14/h3-5,10,12H,6-9H2,1-2H3,(H,19,22). The summed E-state index contributed by atoms with van der Waals surface area (Å²) in [6, 6.07) is 1.69. The van der Waals surface area contributed by atoms with Crippen LogP contribution < -0.4 is 10.2 Å². The molecule has 1 unspecified atom stereocenters. The van der Waals surface area contributed by atoms with Gasteiger partial charge < -0.3 is 15.1 Å². The minimum Gasteiger partial charge on any atom is -0.337 e. The molecule has 1 atom stereocenters. The molecule has 1 aliphatic heterocycles. The maximum Gasteiger partial charge on any atom is 0.318 e. The molecule has 23 heavy (non-hydrogen) atoms. The zero-order valence-electron chi connectivity index (χ0n) is 13.3. The number of amides is 2. The first-order valence-corrected chi connectivity index (χ1v) is 8.51. The van der Waals surface area contributed by atoms with Crippen LogP contribution in [0.4, 0.5) is 10.7 Å². The van der Waals surface area contributed by atoms with Gasteiger partial charge in [0.2, 0.25) is 5.95 Å². The largest absolute Gasteiger partial charge is 0.337 e. The van der Waals surface area contributed by atoms with Crippen LogP contribution in [0.5, 0.6) is 0 Å². The molecule has 1 saturated heterocycles. The van der Waals surface area contributed by atoms with Crippen molar-refractivity contribution in [2.24, 2.45) is 0 Å². The Morgan fingerprint density at radius 3 is 2.57 bits per heavy atom. The molecule has 0 saturated carbocycles. The van der Waals surface area contributed by atoms with Crippen molar-refractivity contribution in [2.45, 2.75) is 19.9 Å². The maximum absolute atomic E-state index is 12.4. The predicted octanol–water partition coefficient (Wildman–Crippen LogP) is 1.83.